The zero-order valence-corrected chi connectivity index (χ0v) is 17.8. The van der Waals surface area contributed by atoms with E-state index >= 15 is 0 Å². The fourth-order valence-corrected chi connectivity index (χ4v) is 4.28. The molecule has 1 aliphatic rings. The van der Waals surface area contributed by atoms with Crippen molar-refractivity contribution in [1.82, 2.24) is 24.8 Å². The molecule has 0 atom stereocenters. The Labute approximate surface area is 178 Å². The third kappa shape index (κ3) is 5.05. The average Bonchev–Trinajstić information content (AvgIpc) is 3.18. The first kappa shape index (κ1) is 20.5. The Balaban J connectivity index is 1.30. The van der Waals surface area contributed by atoms with Crippen LogP contribution in [0.25, 0.3) is 11.2 Å². The van der Waals surface area contributed by atoms with Gasteiger partial charge >= 0.3 is 0 Å². The average molecular weight is 406 g/mol. The smallest absolute Gasteiger partial charge is 0.252 e. The van der Waals surface area contributed by atoms with Crippen LogP contribution in [0.5, 0.6) is 0 Å². The summed E-state index contributed by atoms with van der Waals surface area (Å²) in [5.74, 6) is 0.651. The van der Waals surface area contributed by atoms with Crippen molar-refractivity contribution in [2.24, 2.45) is 5.92 Å². The Morgan fingerprint density at radius 1 is 1.17 bits per heavy atom. The van der Waals surface area contributed by atoms with Crippen molar-refractivity contribution in [1.29, 1.82) is 0 Å². The number of aromatic nitrogens is 3. The molecule has 0 radical (unpaired) electrons. The molecule has 0 unspecified atom stereocenters. The Hall–Kier alpha value is -2.73. The summed E-state index contributed by atoms with van der Waals surface area (Å²) in [4.78, 5) is 24.1. The van der Waals surface area contributed by atoms with Crippen LogP contribution in [0.15, 0.2) is 48.9 Å². The predicted octanol–water partition coefficient (Wildman–Crippen LogP) is 3.72. The summed E-state index contributed by atoms with van der Waals surface area (Å²) in [7, 11) is 0. The van der Waals surface area contributed by atoms with Crippen molar-refractivity contribution in [3.8, 4) is 0 Å². The maximum Gasteiger partial charge on any atom is 0.252 e. The third-order valence-electron chi connectivity index (χ3n) is 6.00. The zero-order valence-electron chi connectivity index (χ0n) is 17.8. The number of hydrogen-bond acceptors (Lipinski definition) is 4. The van der Waals surface area contributed by atoms with Crippen LogP contribution < -0.4 is 5.32 Å². The number of hydrogen-bond donors (Lipinski definition) is 1. The second-order valence-electron chi connectivity index (χ2n) is 8.25. The lowest BCUT2D eigenvalue weighted by Gasteiger charge is -2.31. The van der Waals surface area contributed by atoms with Gasteiger partial charge in [0, 0.05) is 12.7 Å². The number of amides is 1. The molecule has 1 saturated heterocycles. The molecule has 1 fully saturated rings. The normalized spacial score (nSPS) is 15.5. The summed E-state index contributed by atoms with van der Waals surface area (Å²) < 4.78 is 2.01. The van der Waals surface area contributed by atoms with E-state index < -0.39 is 0 Å². The number of nitrogens with one attached hydrogen (secondary N) is 1. The summed E-state index contributed by atoms with van der Waals surface area (Å²) in [6.07, 6.45) is 8.20. The van der Waals surface area contributed by atoms with Crippen LogP contribution in [0.2, 0.25) is 0 Å². The van der Waals surface area contributed by atoms with E-state index in [9.17, 15) is 4.79 Å². The Kier molecular flexibility index (Phi) is 6.74. The lowest BCUT2D eigenvalue weighted by atomic mass is 9.93. The summed E-state index contributed by atoms with van der Waals surface area (Å²) in [6, 6.07) is 12.1. The van der Waals surface area contributed by atoms with Crippen LogP contribution in [0.1, 0.15) is 48.5 Å². The van der Waals surface area contributed by atoms with Crippen molar-refractivity contribution in [2.45, 2.75) is 39.2 Å². The van der Waals surface area contributed by atoms with Crippen LogP contribution in [-0.2, 0) is 6.54 Å². The minimum atomic E-state index is -0.0644. The molecule has 0 aliphatic carbocycles. The molecule has 3 aromatic rings. The topological polar surface area (TPSA) is 63.1 Å². The molecule has 4 rings (SSSR count). The maximum atomic E-state index is 12.6. The monoisotopic (exact) mass is 405 g/mol. The summed E-state index contributed by atoms with van der Waals surface area (Å²) in [5, 5.41) is 3.07. The number of piperidine rings is 1. The van der Waals surface area contributed by atoms with Crippen molar-refractivity contribution in [3.63, 3.8) is 0 Å². The number of nitrogens with zero attached hydrogens (tertiary/aromatic N) is 4. The van der Waals surface area contributed by atoms with Crippen LogP contribution in [0.3, 0.4) is 0 Å². The number of imidazole rings is 1. The van der Waals surface area contributed by atoms with Crippen LogP contribution in [-0.4, -0.2) is 51.5 Å². The Morgan fingerprint density at radius 3 is 2.73 bits per heavy atom. The van der Waals surface area contributed by atoms with Gasteiger partial charge in [-0.15, -0.1) is 0 Å². The van der Waals surface area contributed by atoms with Gasteiger partial charge in [0.25, 0.3) is 5.91 Å². The van der Waals surface area contributed by atoms with Crippen molar-refractivity contribution in [3.05, 3.63) is 60.0 Å². The fraction of sp³-hybridized carbons (Fsp3) is 0.458. The number of pyridine rings is 1. The minimum absolute atomic E-state index is 0.0644. The van der Waals surface area contributed by atoms with Gasteiger partial charge < -0.3 is 14.8 Å². The molecule has 0 saturated carbocycles. The molecule has 30 heavy (non-hydrogen) atoms. The van der Waals surface area contributed by atoms with Crippen molar-refractivity contribution in [2.75, 3.05) is 26.2 Å². The molecule has 1 aliphatic heterocycles. The molecule has 6 nitrogen and oxygen atoms in total. The van der Waals surface area contributed by atoms with Gasteiger partial charge in [0.05, 0.1) is 18.4 Å². The minimum Gasteiger partial charge on any atom is -0.352 e. The van der Waals surface area contributed by atoms with Crippen molar-refractivity contribution >= 4 is 17.1 Å². The van der Waals surface area contributed by atoms with Gasteiger partial charge in [-0.3, -0.25) is 4.79 Å². The van der Waals surface area contributed by atoms with E-state index in [4.69, 9.17) is 0 Å². The second kappa shape index (κ2) is 9.85. The molecular formula is C24H31N5O. The highest BCUT2D eigenvalue weighted by molar-refractivity contribution is 5.96. The number of benzene rings is 1. The van der Waals surface area contributed by atoms with E-state index in [1.165, 1.54) is 44.5 Å². The van der Waals surface area contributed by atoms with Gasteiger partial charge in [-0.25, -0.2) is 9.97 Å². The standard InChI is InChI=1S/C24H31N5O/c1-2-12-28-13-9-19(10-14-28)8-11-25-24(30)21-15-22-23(26-16-21)29(18-27-22)17-20-6-4-3-5-7-20/h3-7,15-16,18-19H,2,8-14,17H2,1H3,(H,25,30). The highest BCUT2D eigenvalue weighted by Crippen LogP contribution is 2.20. The van der Waals surface area contributed by atoms with Gasteiger partial charge in [-0.05, 0) is 62.9 Å². The first-order valence-electron chi connectivity index (χ1n) is 11.1. The second-order valence-corrected chi connectivity index (χ2v) is 8.25. The molecule has 158 valence electrons. The molecule has 0 bridgehead atoms. The lowest BCUT2D eigenvalue weighted by Crippen LogP contribution is -2.35. The highest BCUT2D eigenvalue weighted by atomic mass is 16.1. The molecule has 1 amide bonds. The third-order valence-corrected chi connectivity index (χ3v) is 6.00. The maximum absolute atomic E-state index is 12.6. The SMILES string of the molecule is CCCN1CCC(CCNC(=O)c2cnc3c(c2)ncn3Cc2ccccc2)CC1. The molecule has 6 heteroatoms. The lowest BCUT2D eigenvalue weighted by molar-refractivity contribution is 0.0948. The van der Waals surface area contributed by atoms with Gasteiger partial charge in [-0.1, -0.05) is 37.3 Å². The fourth-order valence-electron chi connectivity index (χ4n) is 4.28. The number of fused-ring (bicyclic) bond motifs is 1. The summed E-state index contributed by atoms with van der Waals surface area (Å²) >= 11 is 0. The summed E-state index contributed by atoms with van der Waals surface area (Å²) in [5.41, 5.74) is 3.32. The van der Waals surface area contributed by atoms with Gasteiger partial charge in [0.2, 0.25) is 0 Å². The Bertz CT molecular complexity index is 960. The largest absolute Gasteiger partial charge is 0.352 e. The van der Waals surface area contributed by atoms with E-state index in [0.717, 1.165) is 24.1 Å². The van der Waals surface area contributed by atoms with Crippen LogP contribution in [0.4, 0.5) is 0 Å². The van der Waals surface area contributed by atoms with Gasteiger partial charge in [0.15, 0.2) is 5.65 Å². The number of carbonyl (C=O) groups excluding carboxylic acids is 1. The van der Waals surface area contributed by atoms with Crippen LogP contribution in [0, 0.1) is 5.92 Å². The van der Waals surface area contributed by atoms with E-state index in [1.54, 1.807) is 12.5 Å². The molecule has 0 spiro atoms. The van der Waals surface area contributed by atoms with E-state index in [2.05, 4.69) is 39.2 Å². The van der Waals surface area contributed by atoms with Crippen molar-refractivity contribution < 1.29 is 4.79 Å². The molecule has 3 heterocycles. The Morgan fingerprint density at radius 2 is 1.97 bits per heavy atom. The number of carbonyl (C=O) groups is 1. The first-order valence-corrected chi connectivity index (χ1v) is 11.1. The highest BCUT2D eigenvalue weighted by Gasteiger charge is 2.18. The van der Waals surface area contributed by atoms with E-state index in [1.807, 2.05) is 28.8 Å². The predicted molar refractivity (Wildman–Crippen MR) is 119 cm³/mol. The molecule has 1 N–H and O–H groups in total. The zero-order chi connectivity index (χ0) is 20.8. The number of rotatable bonds is 8. The van der Waals surface area contributed by atoms with E-state index in [0.29, 0.717) is 18.0 Å². The van der Waals surface area contributed by atoms with Gasteiger partial charge in [0.1, 0.15) is 5.52 Å². The first-order chi connectivity index (χ1) is 14.7. The molecule has 2 aromatic heterocycles. The number of likely N-dealkylation sites (tertiary alicyclic amines) is 1. The van der Waals surface area contributed by atoms with E-state index in [-0.39, 0.29) is 5.91 Å². The molecular weight excluding hydrogens is 374 g/mol. The summed E-state index contributed by atoms with van der Waals surface area (Å²) in [6.45, 7) is 7.27. The van der Waals surface area contributed by atoms with Gasteiger partial charge in [-0.2, -0.15) is 0 Å². The quantitative estimate of drug-likeness (QED) is 0.620. The van der Waals surface area contributed by atoms with Crippen LogP contribution >= 0.6 is 0 Å². The molecule has 1 aromatic carbocycles.